The fourth-order valence-corrected chi connectivity index (χ4v) is 2.26. The van der Waals surface area contributed by atoms with E-state index in [1.807, 2.05) is 0 Å². The first kappa shape index (κ1) is 5.61. The molecule has 0 spiro atoms. The van der Waals surface area contributed by atoms with Gasteiger partial charge in [0.05, 0.1) is 0 Å². The topological polar surface area (TPSA) is 18.5 Å². The maximum atomic E-state index is 5.20. The van der Waals surface area contributed by atoms with Crippen LogP contribution in [0.1, 0.15) is 6.42 Å². The van der Waals surface area contributed by atoms with E-state index in [9.17, 15) is 0 Å². The molecule has 3 heteroatoms. The van der Waals surface area contributed by atoms with Crippen LogP contribution in [0.4, 0.5) is 0 Å². The van der Waals surface area contributed by atoms with Crippen molar-refractivity contribution < 1.29 is 7.45 Å². The average Bonchev–Trinajstić information content (AvgIpc) is 1.69. The van der Waals surface area contributed by atoms with Gasteiger partial charge < -0.3 is 0 Å². The first-order chi connectivity index (χ1) is 3.39. The Hall–Kier alpha value is 0.478. The zero-order chi connectivity index (χ0) is 5.11. The molecule has 0 aromatic carbocycles. The van der Waals surface area contributed by atoms with Gasteiger partial charge in [-0.2, -0.15) is 0 Å². The molecule has 0 aromatic rings. The molecule has 0 saturated carbocycles. The number of hydrogen-bond acceptors (Lipinski definition) is 2. The van der Waals surface area contributed by atoms with Crippen LogP contribution in [0.15, 0.2) is 0 Å². The second-order valence-electron chi connectivity index (χ2n) is 1.46. The van der Waals surface area contributed by atoms with E-state index in [2.05, 4.69) is 5.71 Å². The second-order valence-corrected chi connectivity index (χ2v) is 4.39. The first-order valence-corrected chi connectivity index (χ1v) is 5.80. The van der Waals surface area contributed by atoms with Crippen molar-refractivity contribution in [3.8, 4) is 0 Å². The van der Waals surface area contributed by atoms with Gasteiger partial charge in [-0.15, -0.1) is 0 Å². The van der Waals surface area contributed by atoms with Gasteiger partial charge in [-0.3, -0.25) is 0 Å². The molecule has 1 heterocycles. The van der Waals surface area contributed by atoms with Gasteiger partial charge in [-0.05, 0) is 0 Å². The van der Waals surface area contributed by atoms with Gasteiger partial charge in [0.1, 0.15) is 0 Å². The monoisotopic (exact) mass is 164 g/mol. The van der Waals surface area contributed by atoms with E-state index in [-0.39, 0.29) is 0 Å². The second kappa shape index (κ2) is 2.70. The van der Waals surface area contributed by atoms with Gasteiger partial charge in [0.25, 0.3) is 0 Å². The Morgan fingerprint density at radius 2 is 1.86 bits per heavy atom. The Balaban J connectivity index is 2.12. The minimum absolute atomic E-state index is 0.927. The number of hydrogen-bond donors (Lipinski definition) is 0. The minimum atomic E-state index is -1.15. The molecule has 0 N–H and O–H groups in total. The van der Waals surface area contributed by atoms with Crippen LogP contribution in [0.2, 0.25) is 5.71 Å². The van der Waals surface area contributed by atoms with E-state index in [1.165, 1.54) is 0 Å². The molecule has 0 aliphatic carbocycles. The molecule has 42 valence electrons. The van der Waals surface area contributed by atoms with Crippen molar-refractivity contribution in [1.29, 1.82) is 0 Å². The zero-order valence-electron chi connectivity index (χ0n) is 4.39. The van der Waals surface area contributed by atoms with Crippen LogP contribution in [0, 0.1) is 0 Å². The first-order valence-electron chi connectivity index (χ1n) is 2.39. The quantitative estimate of drug-likeness (QED) is 0.486. The summed E-state index contributed by atoms with van der Waals surface area (Å²) in [6, 6.07) is 0. The van der Waals surface area contributed by atoms with E-state index < -0.39 is 15.3 Å². The van der Waals surface area contributed by atoms with Gasteiger partial charge in [-0.25, -0.2) is 0 Å². The van der Waals surface area contributed by atoms with Crippen LogP contribution in [0.5, 0.6) is 0 Å². The summed E-state index contributed by atoms with van der Waals surface area (Å²) in [5.41, 5.74) is 2.06. The summed E-state index contributed by atoms with van der Waals surface area (Å²) in [5, 5.41) is 0. The van der Waals surface area contributed by atoms with Gasteiger partial charge in [0.2, 0.25) is 0 Å². The molecule has 0 unspecified atom stereocenters. The Kier molecular flexibility index (Phi) is 2.17. The van der Waals surface area contributed by atoms with E-state index in [1.54, 1.807) is 0 Å². The zero-order valence-corrected chi connectivity index (χ0v) is 6.26. The van der Waals surface area contributed by atoms with Gasteiger partial charge in [0.15, 0.2) is 0 Å². The third kappa shape index (κ3) is 1.81. The average molecular weight is 164 g/mol. The summed E-state index contributed by atoms with van der Waals surface area (Å²) in [4.78, 5) is 0. The summed E-state index contributed by atoms with van der Waals surface area (Å²) in [6.45, 7) is 1.85. The molecule has 2 nitrogen and oxygen atoms in total. The molecule has 1 aliphatic heterocycles. The Morgan fingerprint density at radius 3 is 2.14 bits per heavy atom. The Morgan fingerprint density at radius 1 is 1.29 bits per heavy atom. The molecule has 0 aromatic heterocycles. The fraction of sp³-hybridized carbons (Fsp3) is 1.00. The molecular weight excluding hydrogens is 155 g/mol. The van der Waals surface area contributed by atoms with Crippen molar-refractivity contribution in [1.82, 2.24) is 0 Å². The third-order valence-corrected chi connectivity index (χ3v) is 3.13. The van der Waals surface area contributed by atoms with Crippen LogP contribution in [-0.2, 0) is 7.45 Å². The maximum absolute atomic E-state index is 5.20. The van der Waals surface area contributed by atoms with Crippen LogP contribution in [-0.4, -0.2) is 28.5 Å². The Labute approximate surface area is 48.8 Å². The molecule has 0 bridgehead atoms. The van der Waals surface area contributed by atoms with E-state index in [4.69, 9.17) is 7.45 Å². The normalized spacial score (nSPS) is 25.3. The third-order valence-electron chi connectivity index (χ3n) is 0.835. The summed E-state index contributed by atoms with van der Waals surface area (Å²) in [7, 11) is 0. The fourth-order valence-electron chi connectivity index (χ4n) is 0.482. The Bertz CT molecular complexity index is 51.7. The van der Waals surface area contributed by atoms with Gasteiger partial charge in [0, 0.05) is 0 Å². The van der Waals surface area contributed by atoms with Gasteiger partial charge >= 0.3 is 48.1 Å². The van der Waals surface area contributed by atoms with Crippen LogP contribution in [0.3, 0.4) is 0 Å². The molecular formula is C4H9AsO2. The molecule has 1 fully saturated rings. The summed E-state index contributed by atoms with van der Waals surface area (Å²) >= 11 is -1.15. The predicted molar refractivity (Wildman–Crippen MR) is 28.1 cm³/mol. The van der Waals surface area contributed by atoms with Crippen molar-refractivity contribution in [3.05, 3.63) is 0 Å². The number of rotatable bonds is 0. The van der Waals surface area contributed by atoms with Gasteiger partial charge in [-0.1, -0.05) is 0 Å². The van der Waals surface area contributed by atoms with Crippen LogP contribution in [0.25, 0.3) is 0 Å². The molecule has 7 heavy (non-hydrogen) atoms. The molecule has 1 rings (SSSR count). The SMILES string of the molecule is C[As]1OCCCO1. The van der Waals surface area contributed by atoms with Crippen LogP contribution < -0.4 is 0 Å². The van der Waals surface area contributed by atoms with E-state index >= 15 is 0 Å². The van der Waals surface area contributed by atoms with E-state index in [0.29, 0.717) is 0 Å². The van der Waals surface area contributed by atoms with Crippen LogP contribution >= 0.6 is 0 Å². The van der Waals surface area contributed by atoms with Crippen molar-refractivity contribution in [2.45, 2.75) is 12.1 Å². The van der Waals surface area contributed by atoms with Crippen molar-refractivity contribution in [3.63, 3.8) is 0 Å². The van der Waals surface area contributed by atoms with Crippen molar-refractivity contribution >= 4 is 15.3 Å². The molecule has 1 saturated heterocycles. The molecule has 0 atom stereocenters. The molecule has 1 aliphatic rings. The summed E-state index contributed by atoms with van der Waals surface area (Å²) in [5.74, 6) is 0. The van der Waals surface area contributed by atoms with Crippen molar-refractivity contribution in [2.24, 2.45) is 0 Å². The standard InChI is InChI=1S/C4H9AsO2/c1-5-6-3-2-4-7-5/h2-4H2,1H3. The summed E-state index contributed by atoms with van der Waals surface area (Å²) in [6.07, 6.45) is 1.08. The summed E-state index contributed by atoms with van der Waals surface area (Å²) < 4.78 is 10.4. The molecule has 0 radical (unpaired) electrons. The van der Waals surface area contributed by atoms with Crippen molar-refractivity contribution in [2.75, 3.05) is 13.2 Å². The predicted octanol–water partition coefficient (Wildman–Crippen LogP) is 0.541. The van der Waals surface area contributed by atoms with E-state index in [0.717, 1.165) is 19.6 Å². The molecule has 0 amide bonds.